The molecule has 0 spiro atoms. The number of rotatable bonds is 5. The van der Waals surface area contributed by atoms with Crippen LogP contribution in [0, 0.1) is 5.92 Å². The van der Waals surface area contributed by atoms with Crippen molar-refractivity contribution >= 4 is 0 Å². The standard InChI is InChI=1S/C22H35N/c1-8-21(6)15-17(3)19(5)22(7,9-2)23(21)16-18(4)20-13-11-10-12-14-20/h10-14,18-19H,3,8-9,15-16H2,1-2,4-7H3. The lowest BCUT2D eigenvalue weighted by Crippen LogP contribution is -2.65. The van der Waals surface area contributed by atoms with Crippen molar-refractivity contribution in [3.63, 3.8) is 0 Å². The first-order chi connectivity index (χ1) is 10.8. The first kappa shape index (κ1) is 18.3. The first-order valence-electron chi connectivity index (χ1n) is 9.29. The van der Waals surface area contributed by atoms with Crippen molar-refractivity contribution in [1.82, 2.24) is 4.90 Å². The van der Waals surface area contributed by atoms with Gasteiger partial charge < -0.3 is 0 Å². The van der Waals surface area contributed by atoms with E-state index in [2.05, 4.69) is 83.4 Å². The SMILES string of the molecule is C=C1CC(C)(CC)N(CC(C)c2ccccc2)C(C)(CC)C1C. The molecule has 1 aromatic rings. The molecule has 1 nitrogen and oxygen atoms in total. The van der Waals surface area contributed by atoms with Gasteiger partial charge in [-0.1, -0.05) is 70.2 Å². The summed E-state index contributed by atoms with van der Waals surface area (Å²) in [6, 6.07) is 11.0. The van der Waals surface area contributed by atoms with Gasteiger partial charge >= 0.3 is 0 Å². The Morgan fingerprint density at radius 1 is 1.17 bits per heavy atom. The molecule has 1 saturated heterocycles. The summed E-state index contributed by atoms with van der Waals surface area (Å²) in [6.45, 7) is 19.9. The average molecular weight is 314 g/mol. The van der Waals surface area contributed by atoms with Gasteiger partial charge in [-0.3, -0.25) is 4.90 Å². The van der Waals surface area contributed by atoms with Gasteiger partial charge in [0.2, 0.25) is 0 Å². The minimum absolute atomic E-state index is 0.198. The van der Waals surface area contributed by atoms with E-state index in [1.165, 1.54) is 24.0 Å². The molecule has 0 amide bonds. The molecule has 0 saturated carbocycles. The Labute approximate surface area is 143 Å². The fourth-order valence-corrected chi connectivity index (χ4v) is 4.43. The maximum Gasteiger partial charge on any atom is 0.0247 e. The van der Waals surface area contributed by atoms with Gasteiger partial charge in [-0.2, -0.15) is 0 Å². The second kappa shape index (κ2) is 6.81. The van der Waals surface area contributed by atoms with E-state index in [0.29, 0.717) is 11.8 Å². The third kappa shape index (κ3) is 3.26. The van der Waals surface area contributed by atoms with Crippen molar-refractivity contribution in [3.05, 3.63) is 48.0 Å². The lowest BCUT2D eigenvalue weighted by Gasteiger charge is -2.60. The van der Waals surface area contributed by atoms with Gasteiger partial charge in [-0.25, -0.2) is 0 Å². The van der Waals surface area contributed by atoms with Crippen LogP contribution in [0.5, 0.6) is 0 Å². The summed E-state index contributed by atoms with van der Waals surface area (Å²) in [5.41, 5.74) is 3.30. The van der Waals surface area contributed by atoms with E-state index in [9.17, 15) is 0 Å². The second-order valence-corrected chi connectivity index (χ2v) is 8.04. The maximum absolute atomic E-state index is 4.43. The second-order valence-electron chi connectivity index (χ2n) is 8.04. The highest BCUT2D eigenvalue weighted by atomic mass is 15.3. The summed E-state index contributed by atoms with van der Waals surface area (Å²) < 4.78 is 0. The van der Waals surface area contributed by atoms with E-state index in [0.717, 1.165) is 13.0 Å². The van der Waals surface area contributed by atoms with Crippen molar-refractivity contribution in [2.75, 3.05) is 6.54 Å². The molecule has 4 atom stereocenters. The minimum Gasteiger partial charge on any atom is -0.291 e. The predicted octanol–water partition coefficient (Wildman–Crippen LogP) is 6.03. The molecule has 0 aromatic heterocycles. The Kier molecular flexibility index (Phi) is 5.41. The number of likely N-dealkylation sites (tertiary alicyclic amines) is 1. The highest BCUT2D eigenvalue weighted by molar-refractivity contribution is 5.23. The van der Waals surface area contributed by atoms with Crippen LogP contribution in [0.15, 0.2) is 42.5 Å². The normalized spacial score (nSPS) is 33.7. The molecule has 1 aliphatic heterocycles. The lowest BCUT2D eigenvalue weighted by atomic mass is 9.67. The van der Waals surface area contributed by atoms with E-state index < -0.39 is 0 Å². The average Bonchev–Trinajstić information content (AvgIpc) is 2.57. The zero-order valence-electron chi connectivity index (χ0n) is 16.0. The van der Waals surface area contributed by atoms with E-state index in [1.54, 1.807) is 0 Å². The zero-order valence-corrected chi connectivity index (χ0v) is 16.0. The molecular formula is C22H35N. The molecular weight excluding hydrogens is 278 g/mol. The van der Waals surface area contributed by atoms with E-state index in [4.69, 9.17) is 0 Å². The Morgan fingerprint density at radius 3 is 2.30 bits per heavy atom. The van der Waals surface area contributed by atoms with Crippen LogP contribution in [-0.2, 0) is 0 Å². The Bertz CT molecular complexity index is 534. The van der Waals surface area contributed by atoms with Crippen LogP contribution >= 0.6 is 0 Å². The Morgan fingerprint density at radius 2 is 1.78 bits per heavy atom. The quantitative estimate of drug-likeness (QED) is 0.600. The highest BCUT2D eigenvalue weighted by Crippen LogP contribution is 2.48. The molecule has 0 radical (unpaired) electrons. The van der Waals surface area contributed by atoms with Gasteiger partial charge in [-0.05, 0) is 50.5 Å². The van der Waals surface area contributed by atoms with E-state index >= 15 is 0 Å². The number of benzene rings is 1. The van der Waals surface area contributed by atoms with Gasteiger partial charge in [0.15, 0.2) is 0 Å². The molecule has 1 heteroatoms. The summed E-state index contributed by atoms with van der Waals surface area (Å²) in [5, 5.41) is 0. The fourth-order valence-electron chi connectivity index (χ4n) is 4.43. The largest absolute Gasteiger partial charge is 0.291 e. The zero-order chi connectivity index (χ0) is 17.3. The van der Waals surface area contributed by atoms with Crippen LogP contribution in [-0.4, -0.2) is 22.5 Å². The Balaban J connectivity index is 2.35. The predicted molar refractivity (Wildman–Crippen MR) is 102 cm³/mol. The molecule has 128 valence electrons. The highest BCUT2D eigenvalue weighted by Gasteiger charge is 2.50. The third-order valence-electron chi connectivity index (χ3n) is 6.72. The molecule has 0 bridgehead atoms. The van der Waals surface area contributed by atoms with Gasteiger partial charge in [0.05, 0.1) is 0 Å². The summed E-state index contributed by atoms with van der Waals surface area (Å²) in [7, 11) is 0. The van der Waals surface area contributed by atoms with E-state index in [-0.39, 0.29) is 11.1 Å². The van der Waals surface area contributed by atoms with Crippen LogP contribution in [0.2, 0.25) is 0 Å². The molecule has 0 N–H and O–H groups in total. The van der Waals surface area contributed by atoms with Gasteiger partial charge in [0.25, 0.3) is 0 Å². The number of hydrogen-bond donors (Lipinski definition) is 0. The molecule has 1 fully saturated rings. The van der Waals surface area contributed by atoms with Crippen LogP contribution in [0.3, 0.4) is 0 Å². The molecule has 2 rings (SSSR count). The van der Waals surface area contributed by atoms with Gasteiger partial charge in [0, 0.05) is 17.6 Å². The molecule has 1 heterocycles. The molecule has 0 aliphatic carbocycles. The summed E-state index contributed by atoms with van der Waals surface area (Å²) >= 11 is 0. The van der Waals surface area contributed by atoms with Crippen molar-refractivity contribution in [3.8, 4) is 0 Å². The smallest absolute Gasteiger partial charge is 0.0247 e. The number of piperidine rings is 1. The molecule has 1 aromatic carbocycles. The molecule has 1 aliphatic rings. The van der Waals surface area contributed by atoms with Gasteiger partial charge in [0.1, 0.15) is 0 Å². The molecule has 23 heavy (non-hydrogen) atoms. The fraction of sp³-hybridized carbons (Fsp3) is 0.636. The molecule has 4 unspecified atom stereocenters. The van der Waals surface area contributed by atoms with Crippen molar-refractivity contribution in [2.45, 2.75) is 77.8 Å². The Hall–Kier alpha value is -1.08. The van der Waals surface area contributed by atoms with Crippen LogP contribution in [0.25, 0.3) is 0 Å². The summed E-state index contributed by atoms with van der Waals surface area (Å²) in [6.07, 6.45) is 3.47. The summed E-state index contributed by atoms with van der Waals surface area (Å²) in [5.74, 6) is 1.10. The maximum atomic E-state index is 4.43. The first-order valence-corrected chi connectivity index (χ1v) is 9.29. The number of nitrogens with zero attached hydrogens (tertiary/aromatic N) is 1. The van der Waals surface area contributed by atoms with Crippen molar-refractivity contribution in [2.24, 2.45) is 5.92 Å². The van der Waals surface area contributed by atoms with E-state index in [1.807, 2.05) is 0 Å². The van der Waals surface area contributed by atoms with Crippen molar-refractivity contribution in [1.29, 1.82) is 0 Å². The van der Waals surface area contributed by atoms with Gasteiger partial charge in [-0.15, -0.1) is 0 Å². The summed E-state index contributed by atoms with van der Waals surface area (Å²) in [4.78, 5) is 2.82. The lowest BCUT2D eigenvalue weighted by molar-refractivity contribution is -0.0607. The van der Waals surface area contributed by atoms with Crippen molar-refractivity contribution < 1.29 is 0 Å². The van der Waals surface area contributed by atoms with Crippen LogP contribution in [0.1, 0.15) is 72.3 Å². The van der Waals surface area contributed by atoms with Crippen LogP contribution in [0.4, 0.5) is 0 Å². The van der Waals surface area contributed by atoms with Crippen LogP contribution < -0.4 is 0 Å². The third-order valence-corrected chi connectivity index (χ3v) is 6.72. The minimum atomic E-state index is 0.198. The monoisotopic (exact) mass is 313 g/mol. The number of hydrogen-bond acceptors (Lipinski definition) is 1. The topological polar surface area (TPSA) is 3.24 Å².